The Balaban J connectivity index is 1.69. The van der Waals surface area contributed by atoms with E-state index in [0.717, 1.165) is 31.7 Å². The summed E-state index contributed by atoms with van der Waals surface area (Å²) in [6.07, 6.45) is 2.99. The topological polar surface area (TPSA) is 34.1 Å². The van der Waals surface area contributed by atoms with Gasteiger partial charge in [0.2, 0.25) is 0 Å². The number of aromatic nitrogens is 1. The summed E-state index contributed by atoms with van der Waals surface area (Å²) in [5.41, 5.74) is -0.414. The monoisotopic (exact) mass is 300 g/mol. The minimum atomic E-state index is -4.40. The van der Waals surface area contributed by atoms with E-state index in [4.69, 9.17) is 4.74 Å². The van der Waals surface area contributed by atoms with E-state index in [2.05, 4.69) is 10.3 Å². The Morgan fingerprint density at radius 2 is 2.05 bits per heavy atom. The van der Waals surface area contributed by atoms with E-state index in [1.54, 1.807) is 6.07 Å². The zero-order valence-electron chi connectivity index (χ0n) is 11.7. The molecule has 1 N–H and O–H groups in total. The van der Waals surface area contributed by atoms with Gasteiger partial charge in [-0.1, -0.05) is 12.8 Å². The molecule has 2 aliphatic rings. The molecule has 0 amide bonds. The van der Waals surface area contributed by atoms with Crippen molar-refractivity contribution in [2.45, 2.75) is 56.3 Å². The van der Waals surface area contributed by atoms with Gasteiger partial charge >= 0.3 is 6.18 Å². The number of nitrogens with zero attached hydrogens (tertiary/aromatic N) is 1. The fraction of sp³-hybridized carbons (Fsp3) is 0.667. The van der Waals surface area contributed by atoms with Crippen molar-refractivity contribution in [1.82, 2.24) is 4.98 Å². The third kappa shape index (κ3) is 3.31. The third-order valence-corrected chi connectivity index (χ3v) is 4.43. The largest absolute Gasteiger partial charge is 0.433 e. The summed E-state index contributed by atoms with van der Waals surface area (Å²) in [6, 6.07) is 2.84. The molecular formula is C15H19F3N2O. The molecule has 21 heavy (non-hydrogen) atoms. The second-order valence-corrected chi connectivity index (χ2v) is 6.00. The summed E-state index contributed by atoms with van der Waals surface area (Å²) >= 11 is 0. The molecular weight excluding hydrogens is 281 g/mol. The normalized spacial score (nSPS) is 25.2. The second kappa shape index (κ2) is 5.48. The van der Waals surface area contributed by atoms with Crippen molar-refractivity contribution in [3.8, 4) is 0 Å². The van der Waals surface area contributed by atoms with Gasteiger partial charge in [-0.25, -0.2) is 0 Å². The van der Waals surface area contributed by atoms with E-state index >= 15 is 0 Å². The first kappa shape index (κ1) is 14.6. The van der Waals surface area contributed by atoms with Gasteiger partial charge in [-0.3, -0.25) is 4.98 Å². The van der Waals surface area contributed by atoms with Crippen LogP contribution in [-0.2, 0) is 10.9 Å². The Morgan fingerprint density at radius 3 is 2.76 bits per heavy atom. The predicted octanol–water partition coefficient (Wildman–Crippen LogP) is 4.00. The first-order valence-corrected chi connectivity index (χ1v) is 7.41. The Hall–Kier alpha value is -1.30. The summed E-state index contributed by atoms with van der Waals surface area (Å²) in [4.78, 5) is 3.38. The molecule has 3 rings (SSSR count). The number of rotatable bonds is 2. The van der Waals surface area contributed by atoms with Crippen LogP contribution in [0, 0.1) is 0 Å². The second-order valence-electron chi connectivity index (χ2n) is 6.00. The molecule has 0 aromatic carbocycles. The number of anilines is 1. The highest BCUT2D eigenvalue weighted by atomic mass is 19.4. The molecule has 1 aromatic heterocycles. The van der Waals surface area contributed by atoms with Crippen molar-refractivity contribution >= 4 is 5.69 Å². The van der Waals surface area contributed by atoms with Crippen LogP contribution in [0.2, 0.25) is 0 Å². The number of nitrogens with one attached hydrogen (secondary N) is 1. The van der Waals surface area contributed by atoms with Gasteiger partial charge < -0.3 is 10.1 Å². The van der Waals surface area contributed by atoms with E-state index in [9.17, 15) is 13.2 Å². The molecule has 116 valence electrons. The Bertz CT molecular complexity index is 498. The standard InChI is InChI=1S/C15H19F3N2O/c16-15(17,18)13-9-11(3-7-19-13)20-12-4-8-21-14(10-12)5-1-2-6-14/h3,7,9,12H,1-2,4-6,8,10H2,(H,19,20). The van der Waals surface area contributed by atoms with E-state index in [1.807, 2.05) is 0 Å². The smallest absolute Gasteiger partial charge is 0.382 e. The minimum absolute atomic E-state index is 0.0458. The van der Waals surface area contributed by atoms with Gasteiger partial charge in [0.1, 0.15) is 5.69 Å². The zero-order valence-corrected chi connectivity index (χ0v) is 11.7. The molecule has 6 heteroatoms. The third-order valence-electron chi connectivity index (χ3n) is 4.43. The van der Waals surface area contributed by atoms with Crippen LogP contribution >= 0.6 is 0 Å². The Morgan fingerprint density at radius 1 is 1.29 bits per heavy atom. The van der Waals surface area contributed by atoms with Gasteiger partial charge in [-0.05, 0) is 37.8 Å². The zero-order chi connectivity index (χ0) is 14.9. The number of alkyl halides is 3. The van der Waals surface area contributed by atoms with Crippen LogP contribution in [0.4, 0.5) is 18.9 Å². The molecule has 1 atom stereocenters. The van der Waals surface area contributed by atoms with Gasteiger partial charge in [0.25, 0.3) is 0 Å². The molecule has 2 fully saturated rings. The van der Waals surface area contributed by atoms with Crippen molar-refractivity contribution in [2.24, 2.45) is 0 Å². The summed E-state index contributed by atoms with van der Waals surface area (Å²) in [5.74, 6) is 0. The molecule has 3 nitrogen and oxygen atoms in total. The minimum Gasteiger partial charge on any atom is -0.382 e. The van der Waals surface area contributed by atoms with Gasteiger partial charge in [0.05, 0.1) is 5.60 Å². The lowest BCUT2D eigenvalue weighted by atomic mass is 9.89. The maximum Gasteiger partial charge on any atom is 0.433 e. The van der Waals surface area contributed by atoms with Gasteiger partial charge in [-0.2, -0.15) is 13.2 Å². The molecule has 1 saturated heterocycles. The first-order valence-electron chi connectivity index (χ1n) is 7.41. The summed E-state index contributed by atoms with van der Waals surface area (Å²) in [6.45, 7) is 0.675. The predicted molar refractivity (Wildman–Crippen MR) is 73.0 cm³/mol. The number of pyridine rings is 1. The highest BCUT2D eigenvalue weighted by molar-refractivity contribution is 5.44. The summed E-state index contributed by atoms with van der Waals surface area (Å²) in [7, 11) is 0. The highest BCUT2D eigenvalue weighted by Gasteiger charge is 2.40. The maximum atomic E-state index is 12.7. The molecule has 2 heterocycles. The van der Waals surface area contributed by atoms with E-state index in [1.165, 1.54) is 19.0 Å². The molecule has 1 saturated carbocycles. The lowest BCUT2D eigenvalue weighted by Crippen LogP contribution is -2.42. The van der Waals surface area contributed by atoms with Crippen LogP contribution in [-0.4, -0.2) is 23.2 Å². The first-order chi connectivity index (χ1) is 9.97. The number of halogens is 3. The van der Waals surface area contributed by atoms with E-state index < -0.39 is 11.9 Å². The average molecular weight is 300 g/mol. The maximum absolute atomic E-state index is 12.7. The number of ether oxygens (including phenoxy) is 1. The van der Waals surface area contributed by atoms with Crippen molar-refractivity contribution < 1.29 is 17.9 Å². The Kier molecular flexibility index (Phi) is 3.82. The molecule has 1 aliphatic heterocycles. The van der Waals surface area contributed by atoms with Crippen LogP contribution in [0.1, 0.15) is 44.2 Å². The van der Waals surface area contributed by atoms with Gasteiger partial charge in [0, 0.05) is 24.5 Å². The molecule has 0 radical (unpaired) electrons. The SMILES string of the molecule is FC(F)(F)c1cc(NC2CCOC3(CCCC3)C2)ccn1. The molecule has 1 unspecified atom stereocenters. The summed E-state index contributed by atoms with van der Waals surface area (Å²) < 4.78 is 44.0. The van der Waals surface area contributed by atoms with Crippen molar-refractivity contribution in [1.29, 1.82) is 0 Å². The van der Waals surface area contributed by atoms with Crippen LogP contribution in [0.15, 0.2) is 18.3 Å². The van der Waals surface area contributed by atoms with Gasteiger partial charge in [-0.15, -0.1) is 0 Å². The lowest BCUT2D eigenvalue weighted by Gasteiger charge is -2.39. The molecule has 1 spiro atoms. The highest BCUT2D eigenvalue weighted by Crippen LogP contribution is 2.40. The quantitative estimate of drug-likeness (QED) is 0.896. The summed E-state index contributed by atoms with van der Waals surface area (Å²) in [5, 5.41) is 3.22. The molecule has 0 bridgehead atoms. The number of hydrogen-bond acceptors (Lipinski definition) is 3. The van der Waals surface area contributed by atoms with Gasteiger partial charge in [0.15, 0.2) is 0 Å². The van der Waals surface area contributed by atoms with Crippen LogP contribution in [0.25, 0.3) is 0 Å². The fourth-order valence-electron chi connectivity index (χ4n) is 3.43. The van der Waals surface area contributed by atoms with E-state index in [-0.39, 0.29) is 11.6 Å². The lowest BCUT2D eigenvalue weighted by molar-refractivity contribution is -0.141. The van der Waals surface area contributed by atoms with E-state index in [0.29, 0.717) is 12.3 Å². The van der Waals surface area contributed by atoms with Crippen LogP contribution < -0.4 is 5.32 Å². The van der Waals surface area contributed by atoms with Crippen molar-refractivity contribution in [2.75, 3.05) is 11.9 Å². The van der Waals surface area contributed by atoms with Crippen molar-refractivity contribution in [3.05, 3.63) is 24.0 Å². The van der Waals surface area contributed by atoms with Crippen LogP contribution in [0.3, 0.4) is 0 Å². The Labute approximate surface area is 121 Å². The van der Waals surface area contributed by atoms with Crippen LogP contribution in [0.5, 0.6) is 0 Å². The fourth-order valence-corrected chi connectivity index (χ4v) is 3.43. The van der Waals surface area contributed by atoms with Crippen molar-refractivity contribution in [3.63, 3.8) is 0 Å². The molecule has 1 aliphatic carbocycles. The number of hydrogen-bond donors (Lipinski definition) is 1. The average Bonchev–Trinajstić information content (AvgIpc) is 2.86. The molecule has 1 aromatic rings.